The van der Waals surface area contributed by atoms with E-state index in [4.69, 9.17) is 4.12 Å². The van der Waals surface area contributed by atoms with Crippen LogP contribution in [0.15, 0.2) is 4.99 Å². The molecule has 0 aliphatic rings. The van der Waals surface area contributed by atoms with Crippen LogP contribution in [0.25, 0.3) is 0 Å². The molecule has 0 aromatic heterocycles. The standard InChI is InChI=1S/C8H19NO2Si2/c1-12(2)11-13(3,4)7-5-6-9-8-10/h12H,5-7H2,1-4H3. The zero-order valence-corrected chi connectivity index (χ0v) is 11.1. The third-order valence-electron chi connectivity index (χ3n) is 1.67. The van der Waals surface area contributed by atoms with Crippen molar-refractivity contribution in [3.63, 3.8) is 0 Å². The van der Waals surface area contributed by atoms with Crippen LogP contribution < -0.4 is 0 Å². The SMILES string of the molecule is C[SiH](C)O[Si](C)(C)CCCN=C=O. The fraction of sp³-hybridized carbons (Fsp3) is 0.875. The van der Waals surface area contributed by atoms with Crippen molar-refractivity contribution in [2.24, 2.45) is 4.99 Å². The summed E-state index contributed by atoms with van der Waals surface area (Å²) in [6, 6.07) is 1.09. The van der Waals surface area contributed by atoms with Gasteiger partial charge in [0.05, 0.1) is 6.54 Å². The molecule has 0 radical (unpaired) electrons. The summed E-state index contributed by atoms with van der Waals surface area (Å²) >= 11 is 0. The summed E-state index contributed by atoms with van der Waals surface area (Å²) in [6.45, 7) is 9.44. The Kier molecular flexibility index (Phi) is 6.15. The lowest BCUT2D eigenvalue weighted by Crippen LogP contribution is -2.35. The molecular formula is C8H19NO2Si2. The van der Waals surface area contributed by atoms with E-state index in [2.05, 4.69) is 31.2 Å². The largest absolute Gasteiger partial charge is 0.458 e. The monoisotopic (exact) mass is 217 g/mol. The molecule has 0 saturated carbocycles. The second-order valence-electron chi connectivity index (χ2n) is 4.00. The van der Waals surface area contributed by atoms with E-state index in [0.29, 0.717) is 6.54 Å². The maximum Gasteiger partial charge on any atom is 0.234 e. The van der Waals surface area contributed by atoms with E-state index >= 15 is 0 Å². The zero-order chi connectivity index (χ0) is 10.3. The van der Waals surface area contributed by atoms with Crippen molar-refractivity contribution in [1.82, 2.24) is 0 Å². The van der Waals surface area contributed by atoms with E-state index in [1.807, 2.05) is 0 Å². The number of isocyanates is 1. The zero-order valence-electron chi connectivity index (χ0n) is 8.96. The van der Waals surface area contributed by atoms with Crippen molar-refractivity contribution in [2.75, 3.05) is 6.54 Å². The van der Waals surface area contributed by atoms with Crippen LogP contribution in [0.2, 0.25) is 32.2 Å². The molecular weight excluding hydrogens is 198 g/mol. The van der Waals surface area contributed by atoms with Gasteiger partial charge in [0.1, 0.15) is 0 Å². The van der Waals surface area contributed by atoms with Gasteiger partial charge in [-0.2, -0.15) is 0 Å². The van der Waals surface area contributed by atoms with E-state index in [1.165, 1.54) is 0 Å². The quantitative estimate of drug-likeness (QED) is 0.295. The molecule has 0 unspecified atom stereocenters. The molecule has 0 aliphatic carbocycles. The van der Waals surface area contributed by atoms with Gasteiger partial charge in [0.15, 0.2) is 17.4 Å². The Morgan fingerprint density at radius 3 is 2.54 bits per heavy atom. The fourth-order valence-electron chi connectivity index (χ4n) is 1.33. The Bertz CT molecular complexity index is 189. The lowest BCUT2D eigenvalue weighted by Gasteiger charge is -2.25. The van der Waals surface area contributed by atoms with Crippen molar-refractivity contribution < 1.29 is 8.91 Å². The molecule has 0 amide bonds. The Balaban J connectivity index is 3.68. The number of rotatable bonds is 6. The molecule has 76 valence electrons. The van der Waals surface area contributed by atoms with E-state index < -0.39 is 17.4 Å². The van der Waals surface area contributed by atoms with Crippen LogP contribution in [-0.2, 0) is 8.91 Å². The highest BCUT2D eigenvalue weighted by atomic mass is 28.4. The van der Waals surface area contributed by atoms with Gasteiger partial charge in [0, 0.05) is 0 Å². The van der Waals surface area contributed by atoms with E-state index in [1.54, 1.807) is 6.08 Å². The lowest BCUT2D eigenvalue weighted by molar-refractivity contribution is 0.558. The predicted molar refractivity (Wildman–Crippen MR) is 59.9 cm³/mol. The first kappa shape index (κ1) is 12.8. The second-order valence-corrected chi connectivity index (χ2v) is 11.1. The van der Waals surface area contributed by atoms with Crippen LogP contribution >= 0.6 is 0 Å². The lowest BCUT2D eigenvalue weighted by atomic mass is 10.5. The summed E-state index contributed by atoms with van der Waals surface area (Å²) in [6.07, 6.45) is 2.51. The first-order valence-electron chi connectivity index (χ1n) is 4.69. The molecule has 0 heterocycles. The minimum absolute atomic E-state index is 0.600. The van der Waals surface area contributed by atoms with Crippen molar-refractivity contribution >= 4 is 23.4 Å². The van der Waals surface area contributed by atoms with Crippen LogP contribution in [0.3, 0.4) is 0 Å². The molecule has 0 atom stereocenters. The summed E-state index contributed by atoms with van der Waals surface area (Å²) in [5, 5.41) is 0. The van der Waals surface area contributed by atoms with Gasteiger partial charge in [-0.1, -0.05) is 0 Å². The molecule has 13 heavy (non-hydrogen) atoms. The topological polar surface area (TPSA) is 38.7 Å². The molecule has 0 aromatic carbocycles. The number of hydrogen-bond acceptors (Lipinski definition) is 3. The maximum atomic E-state index is 9.80. The molecule has 0 saturated heterocycles. The Hall–Kier alpha value is -0.226. The van der Waals surface area contributed by atoms with Crippen molar-refractivity contribution in [3.05, 3.63) is 0 Å². The Labute approximate surface area is 83.1 Å². The van der Waals surface area contributed by atoms with Crippen molar-refractivity contribution in [1.29, 1.82) is 0 Å². The molecule has 0 aromatic rings. The average Bonchev–Trinajstić information content (AvgIpc) is 1.95. The van der Waals surface area contributed by atoms with Gasteiger partial charge in [-0.15, -0.1) is 0 Å². The molecule has 0 N–H and O–H groups in total. The number of carbonyl (C=O) groups excluding carboxylic acids is 1. The van der Waals surface area contributed by atoms with Crippen LogP contribution in [0.1, 0.15) is 6.42 Å². The molecule has 0 bridgehead atoms. The average molecular weight is 217 g/mol. The fourth-order valence-corrected chi connectivity index (χ4v) is 7.91. The molecule has 0 spiro atoms. The second kappa shape index (κ2) is 6.26. The summed E-state index contributed by atoms with van der Waals surface area (Å²) in [7, 11) is -2.35. The maximum absolute atomic E-state index is 9.80. The van der Waals surface area contributed by atoms with Gasteiger partial charge >= 0.3 is 0 Å². The van der Waals surface area contributed by atoms with E-state index in [-0.39, 0.29) is 0 Å². The summed E-state index contributed by atoms with van der Waals surface area (Å²) < 4.78 is 5.96. The molecule has 0 fully saturated rings. The van der Waals surface area contributed by atoms with Gasteiger partial charge < -0.3 is 4.12 Å². The Morgan fingerprint density at radius 2 is 2.08 bits per heavy atom. The minimum atomic E-state index is -1.44. The van der Waals surface area contributed by atoms with Gasteiger partial charge in [-0.25, -0.2) is 9.79 Å². The van der Waals surface area contributed by atoms with E-state index in [9.17, 15) is 4.79 Å². The normalized spacial score (nSPS) is 11.5. The third-order valence-corrected chi connectivity index (χ3v) is 7.66. The highest BCUT2D eigenvalue weighted by Gasteiger charge is 2.22. The minimum Gasteiger partial charge on any atom is -0.458 e. The van der Waals surface area contributed by atoms with Gasteiger partial charge in [-0.3, -0.25) is 0 Å². The highest BCUT2D eigenvalue weighted by molar-refractivity contribution is 6.77. The van der Waals surface area contributed by atoms with Crippen LogP contribution in [0.4, 0.5) is 0 Å². The van der Waals surface area contributed by atoms with Gasteiger partial charge in [-0.05, 0) is 38.7 Å². The summed E-state index contributed by atoms with van der Waals surface area (Å²) in [5.74, 6) is 0. The van der Waals surface area contributed by atoms with Gasteiger partial charge in [0.25, 0.3) is 0 Å². The van der Waals surface area contributed by atoms with Crippen LogP contribution in [0, 0.1) is 0 Å². The molecule has 0 aliphatic heterocycles. The Morgan fingerprint density at radius 1 is 1.46 bits per heavy atom. The predicted octanol–water partition coefficient (Wildman–Crippen LogP) is 1.92. The number of hydrogen-bond donors (Lipinski definition) is 0. The van der Waals surface area contributed by atoms with E-state index in [0.717, 1.165) is 12.5 Å². The highest BCUT2D eigenvalue weighted by Crippen LogP contribution is 2.14. The smallest absolute Gasteiger partial charge is 0.234 e. The van der Waals surface area contributed by atoms with Crippen molar-refractivity contribution in [3.8, 4) is 0 Å². The number of aliphatic imine (C=N–C) groups is 1. The summed E-state index contributed by atoms with van der Waals surface area (Å²) in [5.41, 5.74) is 0. The van der Waals surface area contributed by atoms with Gasteiger partial charge in [0.2, 0.25) is 6.08 Å². The molecule has 0 rings (SSSR count). The first-order valence-corrected chi connectivity index (χ1v) is 10.6. The molecule has 3 nitrogen and oxygen atoms in total. The number of nitrogens with zero attached hydrogens (tertiary/aromatic N) is 1. The van der Waals surface area contributed by atoms with Crippen molar-refractivity contribution in [2.45, 2.75) is 38.7 Å². The third kappa shape index (κ3) is 8.11. The first-order chi connectivity index (χ1) is 5.98. The summed E-state index contributed by atoms with van der Waals surface area (Å²) in [4.78, 5) is 13.3. The molecule has 5 heteroatoms. The van der Waals surface area contributed by atoms with Crippen LogP contribution in [-0.4, -0.2) is 30.0 Å². The van der Waals surface area contributed by atoms with Crippen LogP contribution in [0.5, 0.6) is 0 Å².